The Morgan fingerprint density at radius 3 is 2.62 bits per heavy atom. The Kier molecular flexibility index (Phi) is 5.22. The molecule has 3 rings (SSSR count). The lowest BCUT2D eigenvalue weighted by Crippen LogP contribution is -2.43. The smallest absolute Gasteiger partial charge is 0.328 e. The van der Waals surface area contributed by atoms with E-state index in [4.69, 9.17) is 14.2 Å². The van der Waals surface area contributed by atoms with Crippen LogP contribution in [0.25, 0.3) is 0 Å². The molecule has 0 amide bonds. The zero-order valence-corrected chi connectivity index (χ0v) is 16.2. The summed E-state index contributed by atoms with van der Waals surface area (Å²) in [5.74, 6) is -0.0486. The molecule has 0 N–H and O–H groups in total. The van der Waals surface area contributed by atoms with Crippen molar-refractivity contribution in [3.8, 4) is 11.5 Å². The normalized spacial score (nSPS) is 17.4. The monoisotopic (exact) mass is 397 g/mol. The van der Waals surface area contributed by atoms with Gasteiger partial charge in [-0.15, -0.1) is 11.3 Å². The number of nitrogens with zero attached hydrogens (tertiary/aromatic N) is 1. The zero-order valence-electron chi connectivity index (χ0n) is 14.6. The van der Waals surface area contributed by atoms with Crippen LogP contribution >= 0.6 is 11.3 Å². The second-order valence-electron chi connectivity index (χ2n) is 5.61. The van der Waals surface area contributed by atoms with Gasteiger partial charge in [-0.2, -0.15) is 4.31 Å². The molecule has 0 spiro atoms. The van der Waals surface area contributed by atoms with Crippen molar-refractivity contribution in [2.24, 2.45) is 0 Å². The molecule has 1 aromatic heterocycles. The molecule has 0 saturated carbocycles. The van der Waals surface area contributed by atoms with Crippen LogP contribution in [0.2, 0.25) is 0 Å². The molecule has 0 aliphatic carbocycles. The molecule has 1 aromatic carbocycles. The lowest BCUT2D eigenvalue weighted by atomic mass is 10.0. The molecule has 140 valence electrons. The average Bonchev–Trinajstić information content (AvgIpc) is 3.14. The van der Waals surface area contributed by atoms with Gasteiger partial charge in [-0.05, 0) is 35.6 Å². The summed E-state index contributed by atoms with van der Waals surface area (Å²) in [6.07, 6.45) is 0.534. The van der Waals surface area contributed by atoms with Crippen LogP contribution in [-0.4, -0.2) is 46.6 Å². The summed E-state index contributed by atoms with van der Waals surface area (Å²) in [5, 5.41) is 1.85. The highest BCUT2D eigenvalue weighted by Gasteiger charge is 2.43. The molecule has 1 unspecified atom stereocenters. The third kappa shape index (κ3) is 3.06. The first kappa shape index (κ1) is 18.7. The first-order valence-electron chi connectivity index (χ1n) is 7.82. The summed E-state index contributed by atoms with van der Waals surface area (Å²) in [6.45, 7) is 0.177. The number of fused-ring (bicyclic) bond motifs is 1. The first-order valence-corrected chi connectivity index (χ1v) is 10.1. The molecule has 0 bridgehead atoms. The molecular formula is C17H19NO6S2. The minimum absolute atomic E-state index is 0.0491. The van der Waals surface area contributed by atoms with Crippen molar-refractivity contribution in [1.82, 2.24) is 4.31 Å². The Balaban J connectivity index is 2.13. The number of thiophene rings is 1. The van der Waals surface area contributed by atoms with Crippen molar-refractivity contribution in [2.45, 2.75) is 17.4 Å². The van der Waals surface area contributed by atoms with Gasteiger partial charge >= 0.3 is 5.97 Å². The van der Waals surface area contributed by atoms with Crippen molar-refractivity contribution >= 4 is 27.3 Å². The number of carbonyl (C=O) groups is 1. The van der Waals surface area contributed by atoms with Gasteiger partial charge in [-0.1, -0.05) is 0 Å². The topological polar surface area (TPSA) is 82.1 Å². The number of sulfonamides is 1. The average molecular weight is 397 g/mol. The molecule has 0 saturated heterocycles. The molecule has 1 aliphatic rings. The van der Waals surface area contributed by atoms with E-state index < -0.39 is 22.0 Å². The van der Waals surface area contributed by atoms with Gasteiger partial charge in [0.15, 0.2) is 0 Å². The molecule has 2 heterocycles. The number of hydrogen-bond acceptors (Lipinski definition) is 7. The largest absolute Gasteiger partial charge is 0.497 e. The Morgan fingerprint density at radius 1 is 1.19 bits per heavy atom. The SMILES string of the molecule is COC(=O)C1c2ccsc2CCN1S(=O)(=O)c1cc(OC)ccc1OC. The fourth-order valence-electron chi connectivity index (χ4n) is 3.02. The van der Waals surface area contributed by atoms with Crippen LogP contribution in [0.1, 0.15) is 16.5 Å². The number of hydrogen-bond donors (Lipinski definition) is 0. The van der Waals surface area contributed by atoms with Crippen LogP contribution in [0.4, 0.5) is 0 Å². The minimum Gasteiger partial charge on any atom is -0.497 e. The van der Waals surface area contributed by atoms with Gasteiger partial charge in [0, 0.05) is 17.5 Å². The Morgan fingerprint density at radius 2 is 1.96 bits per heavy atom. The van der Waals surface area contributed by atoms with Crippen LogP contribution in [-0.2, 0) is 26.0 Å². The molecular weight excluding hydrogens is 378 g/mol. The minimum atomic E-state index is -4.03. The molecule has 26 heavy (non-hydrogen) atoms. The third-order valence-electron chi connectivity index (χ3n) is 4.30. The highest BCUT2D eigenvalue weighted by atomic mass is 32.2. The molecule has 1 atom stereocenters. The second-order valence-corrected chi connectivity index (χ2v) is 8.47. The van der Waals surface area contributed by atoms with Crippen molar-refractivity contribution in [2.75, 3.05) is 27.9 Å². The number of benzene rings is 1. The summed E-state index contributed by atoms with van der Waals surface area (Å²) >= 11 is 1.51. The van der Waals surface area contributed by atoms with Gasteiger partial charge in [0.05, 0.1) is 21.3 Å². The summed E-state index contributed by atoms with van der Waals surface area (Å²) in [6, 6.07) is 5.29. The van der Waals surface area contributed by atoms with Crippen LogP contribution in [0.15, 0.2) is 34.5 Å². The van der Waals surface area contributed by atoms with E-state index in [2.05, 4.69) is 0 Å². The van der Waals surface area contributed by atoms with Crippen LogP contribution in [0.5, 0.6) is 11.5 Å². The van der Waals surface area contributed by atoms with E-state index in [-0.39, 0.29) is 17.2 Å². The van der Waals surface area contributed by atoms with Gasteiger partial charge < -0.3 is 14.2 Å². The van der Waals surface area contributed by atoms with Crippen LogP contribution in [0.3, 0.4) is 0 Å². The zero-order chi connectivity index (χ0) is 18.9. The van der Waals surface area contributed by atoms with Crippen molar-refractivity contribution in [1.29, 1.82) is 0 Å². The second kappa shape index (κ2) is 7.26. The van der Waals surface area contributed by atoms with Gasteiger partial charge in [0.25, 0.3) is 0 Å². The summed E-state index contributed by atoms with van der Waals surface area (Å²) in [5.41, 5.74) is 0.665. The summed E-state index contributed by atoms with van der Waals surface area (Å²) < 4.78 is 43.2. The fraction of sp³-hybridized carbons (Fsp3) is 0.353. The number of rotatable bonds is 5. The maximum atomic E-state index is 13.4. The lowest BCUT2D eigenvalue weighted by molar-refractivity contribution is -0.145. The van der Waals surface area contributed by atoms with Crippen molar-refractivity contribution in [3.05, 3.63) is 40.1 Å². The summed E-state index contributed by atoms with van der Waals surface area (Å²) in [4.78, 5) is 13.4. The predicted molar refractivity (Wildman–Crippen MR) is 96.2 cm³/mol. The van der Waals surface area contributed by atoms with Gasteiger partial charge in [-0.3, -0.25) is 0 Å². The number of ether oxygens (including phenoxy) is 3. The van der Waals surface area contributed by atoms with Gasteiger partial charge in [-0.25, -0.2) is 13.2 Å². The number of carbonyl (C=O) groups excluding carboxylic acids is 1. The van der Waals surface area contributed by atoms with Gasteiger partial charge in [0.1, 0.15) is 22.4 Å². The molecule has 2 aromatic rings. The first-order chi connectivity index (χ1) is 12.4. The molecule has 0 radical (unpaired) electrons. The van der Waals surface area contributed by atoms with E-state index in [1.165, 1.54) is 49.1 Å². The highest BCUT2D eigenvalue weighted by Crippen LogP contribution is 2.40. The van der Waals surface area contributed by atoms with E-state index in [1.807, 2.05) is 5.38 Å². The maximum Gasteiger partial charge on any atom is 0.328 e. The number of methoxy groups -OCH3 is 3. The molecule has 1 aliphatic heterocycles. The van der Waals surface area contributed by atoms with Crippen LogP contribution in [0, 0.1) is 0 Å². The quantitative estimate of drug-likeness (QED) is 0.720. The predicted octanol–water partition coefficient (Wildman–Crippen LogP) is 2.23. The van der Waals surface area contributed by atoms with E-state index in [1.54, 1.807) is 12.1 Å². The third-order valence-corrected chi connectivity index (χ3v) is 7.19. The summed E-state index contributed by atoms with van der Waals surface area (Å²) in [7, 11) is 0.0668. The van der Waals surface area contributed by atoms with Gasteiger partial charge in [0.2, 0.25) is 10.0 Å². The highest BCUT2D eigenvalue weighted by molar-refractivity contribution is 7.89. The Bertz CT molecular complexity index is 921. The van der Waals surface area contributed by atoms with Crippen molar-refractivity contribution < 1.29 is 27.4 Å². The standard InChI is InChI=1S/C17H19NO6S2/c1-22-11-4-5-13(23-2)15(10-11)26(20,21)18-8-6-14-12(7-9-25-14)16(18)17(19)24-3/h4-5,7,9-10,16H,6,8H2,1-3H3. The lowest BCUT2D eigenvalue weighted by Gasteiger charge is -2.33. The fourth-order valence-corrected chi connectivity index (χ4v) is 5.66. The Hall–Kier alpha value is -2.10. The van der Waals surface area contributed by atoms with E-state index in [9.17, 15) is 13.2 Å². The maximum absolute atomic E-state index is 13.4. The molecule has 9 heteroatoms. The number of esters is 1. The van der Waals surface area contributed by atoms with E-state index >= 15 is 0 Å². The molecule has 0 fully saturated rings. The van der Waals surface area contributed by atoms with E-state index in [0.29, 0.717) is 17.7 Å². The Labute approximate surface area is 156 Å². The molecule has 7 nitrogen and oxygen atoms in total. The van der Waals surface area contributed by atoms with E-state index in [0.717, 1.165) is 4.88 Å². The van der Waals surface area contributed by atoms with Crippen molar-refractivity contribution in [3.63, 3.8) is 0 Å². The van der Waals surface area contributed by atoms with Crippen LogP contribution < -0.4 is 9.47 Å².